The molecule has 1 unspecified atom stereocenters. The van der Waals surface area contributed by atoms with Crippen molar-refractivity contribution in [2.45, 2.75) is 180 Å². The van der Waals surface area contributed by atoms with Gasteiger partial charge in [-0.05, 0) is 70.6 Å². The fourth-order valence-electron chi connectivity index (χ4n) is 5.51. The van der Waals surface area contributed by atoms with Gasteiger partial charge in [0.05, 0.1) is 27.7 Å². The van der Waals surface area contributed by atoms with Gasteiger partial charge in [0.2, 0.25) is 0 Å². The normalized spacial score (nSPS) is 14.0. The molecule has 0 heterocycles. The zero-order valence-corrected chi connectivity index (χ0v) is 35.6. The number of nitrogens with zero attached hydrogens (tertiary/aromatic N) is 1. The number of carbonyl (C=O) groups excluding carboxylic acids is 2. The average Bonchev–Trinajstić information content (AvgIpc) is 3.10. The van der Waals surface area contributed by atoms with Crippen molar-refractivity contribution >= 4 is 19.8 Å². The number of likely N-dealkylation sites (N-methyl/N-ethyl adjacent to an activating group) is 1. The maximum Gasteiger partial charge on any atom is 0.472 e. The largest absolute Gasteiger partial charge is 0.472 e. The Bertz CT molecular complexity index is 1010. The fourth-order valence-corrected chi connectivity index (χ4v) is 6.25. The van der Waals surface area contributed by atoms with Crippen molar-refractivity contribution in [3.8, 4) is 0 Å². The Morgan fingerprint density at radius 1 is 0.585 bits per heavy atom. The van der Waals surface area contributed by atoms with Crippen molar-refractivity contribution in [2.24, 2.45) is 0 Å². The van der Waals surface area contributed by atoms with Gasteiger partial charge in [-0.3, -0.25) is 18.6 Å². The van der Waals surface area contributed by atoms with Crippen LogP contribution in [-0.2, 0) is 32.7 Å². The van der Waals surface area contributed by atoms with E-state index in [-0.39, 0.29) is 32.0 Å². The summed E-state index contributed by atoms with van der Waals surface area (Å²) in [5, 5.41) is 0. The first-order valence-electron chi connectivity index (χ1n) is 21.2. The quantitative estimate of drug-likeness (QED) is 0.0217. The van der Waals surface area contributed by atoms with Gasteiger partial charge in [-0.15, -0.1) is 0 Å². The number of ether oxygens (including phenoxy) is 2. The summed E-state index contributed by atoms with van der Waals surface area (Å²) in [6, 6.07) is 0. The fraction of sp³-hybridized carbons (Fsp3) is 0.814. The predicted octanol–water partition coefficient (Wildman–Crippen LogP) is 11.7. The molecule has 310 valence electrons. The SMILES string of the molecule is CCCCC/C=C/C/C=C/CCCCCCCCCC(=O)OC[C@@H](COP(=O)(O)OCC[N+](C)(C)C)OC(=O)CCCCCCC/C=C/CCCCC. The molecule has 0 spiro atoms. The maximum atomic E-state index is 12.6. The number of rotatable bonds is 38. The molecule has 1 N–H and O–H groups in total. The van der Waals surface area contributed by atoms with E-state index in [1.807, 2.05) is 21.1 Å². The molecule has 2 atom stereocenters. The van der Waals surface area contributed by atoms with E-state index in [0.29, 0.717) is 17.4 Å². The van der Waals surface area contributed by atoms with Crippen LogP contribution in [-0.4, -0.2) is 74.9 Å². The molecule has 9 nitrogen and oxygen atoms in total. The molecular formula is C43H81NO8P+. The maximum absolute atomic E-state index is 12.6. The summed E-state index contributed by atoms with van der Waals surface area (Å²) in [5.41, 5.74) is 0. The molecule has 0 saturated carbocycles. The molecule has 0 aliphatic carbocycles. The zero-order valence-electron chi connectivity index (χ0n) is 34.7. The number of unbranched alkanes of at least 4 members (excludes halogenated alkanes) is 18. The number of phosphoric acid groups is 1. The smallest absolute Gasteiger partial charge is 0.462 e. The summed E-state index contributed by atoms with van der Waals surface area (Å²) in [6.45, 7) is 4.34. The van der Waals surface area contributed by atoms with Crippen molar-refractivity contribution in [3.63, 3.8) is 0 Å². The molecule has 53 heavy (non-hydrogen) atoms. The van der Waals surface area contributed by atoms with Gasteiger partial charge in [0, 0.05) is 12.8 Å². The van der Waals surface area contributed by atoms with Crippen LogP contribution in [0.3, 0.4) is 0 Å². The van der Waals surface area contributed by atoms with Gasteiger partial charge in [0.15, 0.2) is 6.10 Å². The Morgan fingerprint density at radius 2 is 1.02 bits per heavy atom. The second kappa shape index (κ2) is 35.9. The second-order valence-corrected chi connectivity index (χ2v) is 16.8. The van der Waals surface area contributed by atoms with Crippen LogP contribution in [0.4, 0.5) is 0 Å². The summed E-state index contributed by atoms with van der Waals surface area (Å²) >= 11 is 0. The topological polar surface area (TPSA) is 108 Å². The Labute approximate surface area is 325 Å². The monoisotopic (exact) mass is 771 g/mol. The van der Waals surface area contributed by atoms with Gasteiger partial charge >= 0.3 is 19.8 Å². The van der Waals surface area contributed by atoms with Crippen LogP contribution in [0.15, 0.2) is 36.5 Å². The lowest BCUT2D eigenvalue weighted by molar-refractivity contribution is -0.870. The lowest BCUT2D eigenvalue weighted by atomic mass is 10.1. The lowest BCUT2D eigenvalue weighted by Gasteiger charge is -2.24. The van der Waals surface area contributed by atoms with Crippen LogP contribution in [0.5, 0.6) is 0 Å². The van der Waals surface area contributed by atoms with Crippen LogP contribution in [0.1, 0.15) is 174 Å². The number of esters is 2. The number of hydrogen-bond acceptors (Lipinski definition) is 7. The van der Waals surface area contributed by atoms with E-state index >= 15 is 0 Å². The second-order valence-electron chi connectivity index (χ2n) is 15.4. The van der Waals surface area contributed by atoms with E-state index in [9.17, 15) is 19.0 Å². The number of hydrogen-bond donors (Lipinski definition) is 1. The summed E-state index contributed by atoms with van der Waals surface area (Å²) in [5.74, 6) is -0.819. The first-order chi connectivity index (χ1) is 25.5. The summed E-state index contributed by atoms with van der Waals surface area (Å²) in [6.07, 6.45) is 39.0. The Morgan fingerprint density at radius 3 is 1.51 bits per heavy atom. The first kappa shape index (κ1) is 51.2. The third-order valence-corrected chi connectivity index (χ3v) is 9.88. The molecule has 0 aromatic heterocycles. The molecule has 0 aliphatic heterocycles. The average molecular weight is 771 g/mol. The number of carbonyl (C=O) groups is 2. The minimum absolute atomic E-state index is 0.0284. The summed E-state index contributed by atoms with van der Waals surface area (Å²) < 4.78 is 34.2. The first-order valence-corrected chi connectivity index (χ1v) is 22.7. The highest BCUT2D eigenvalue weighted by molar-refractivity contribution is 7.47. The van der Waals surface area contributed by atoms with E-state index in [1.165, 1.54) is 64.2 Å². The Hall–Kier alpha value is -1.77. The van der Waals surface area contributed by atoms with E-state index in [4.69, 9.17) is 18.5 Å². The molecule has 0 aromatic carbocycles. The third-order valence-electron chi connectivity index (χ3n) is 8.89. The number of phosphoric ester groups is 1. The summed E-state index contributed by atoms with van der Waals surface area (Å²) in [4.78, 5) is 35.3. The van der Waals surface area contributed by atoms with Crippen LogP contribution >= 0.6 is 7.82 Å². The molecule has 10 heteroatoms. The van der Waals surface area contributed by atoms with Crippen molar-refractivity contribution in [1.29, 1.82) is 0 Å². The van der Waals surface area contributed by atoms with E-state index in [2.05, 4.69) is 50.3 Å². The van der Waals surface area contributed by atoms with Gasteiger partial charge in [0.1, 0.15) is 19.8 Å². The van der Waals surface area contributed by atoms with Crippen LogP contribution in [0.25, 0.3) is 0 Å². The van der Waals surface area contributed by atoms with Gasteiger partial charge in [-0.2, -0.15) is 0 Å². The van der Waals surface area contributed by atoms with Crippen molar-refractivity contribution in [3.05, 3.63) is 36.5 Å². The molecule has 0 aliphatic rings. The highest BCUT2D eigenvalue weighted by atomic mass is 31.2. The van der Waals surface area contributed by atoms with Crippen LogP contribution in [0.2, 0.25) is 0 Å². The minimum Gasteiger partial charge on any atom is -0.462 e. The third kappa shape index (κ3) is 39.7. The van der Waals surface area contributed by atoms with Crippen LogP contribution < -0.4 is 0 Å². The lowest BCUT2D eigenvalue weighted by Crippen LogP contribution is -2.37. The molecule has 0 fully saturated rings. The number of allylic oxidation sites excluding steroid dienone is 6. The molecular weight excluding hydrogens is 689 g/mol. The minimum atomic E-state index is -4.37. The van der Waals surface area contributed by atoms with E-state index < -0.39 is 26.5 Å². The predicted molar refractivity (Wildman–Crippen MR) is 220 cm³/mol. The Kier molecular flexibility index (Phi) is 34.7. The standard InChI is InChI=1S/C43H80NO8P/c1-6-8-10-12-14-16-18-20-21-22-23-24-26-27-29-31-33-35-42(45)49-39-41(40-51-53(47,48)50-38-37-44(3,4)5)52-43(46)36-34-32-30-28-25-19-17-15-13-11-9-7-2/h14-17,20-21,41H,6-13,18-19,22-40H2,1-5H3/p+1/b16-14+,17-15+,21-20+/t41-/m0/s1. The molecule has 0 aromatic rings. The number of quaternary nitrogens is 1. The van der Waals surface area contributed by atoms with Crippen molar-refractivity contribution in [2.75, 3.05) is 47.5 Å². The van der Waals surface area contributed by atoms with Gasteiger partial charge < -0.3 is 18.9 Å². The van der Waals surface area contributed by atoms with E-state index in [1.54, 1.807) is 0 Å². The molecule has 0 saturated heterocycles. The zero-order chi connectivity index (χ0) is 39.3. The van der Waals surface area contributed by atoms with E-state index in [0.717, 1.165) is 77.0 Å². The highest BCUT2D eigenvalue weighted by Gasteiger charge is 2.27. The van der Waals surface area contributed by atoms with Crippen molar-refractivity contribution in [1.82, 2.24) is 0 Å². The summed E-state index contributed by atoms with van der Waals surface area (Å²) in [7, 11) is 1.46. The Balaban J connectivity index is 4.38. The van der Waals surface area contributed by atoms with Gasteiger partial charge in [-0.1, -0.05) is 127 Å². The van der Waals surface area contributed by atoms with Gasteiger partial charge in [-0.25, -0.2) is 4.57 Å². The molecule has 0 amide bonds. The van der Waals surface area contributed by atoms with Crippen LogP contribution in [0, 0.1) is 0 Å². The molecule has 0 rings (SSSR count). The van der Waals surface area contributed by atoms with Gasteiger partial charge in [0.25, 0.3) is 0 Å². The molecule has 0 radical (unpaired) electrons. The highest BCUT2D eigenvalue weighted by Crippen LogP contribution is 2.43. The molecule has 0 bridgehead atoms. The van der Waals surface area contributed by atoms with Crippen molar-refractivity contribution < 1.29 is 42.1 Å².